The summed E-state index contributed by atoms with van der Waals surface area (Å²) in [6.45, 7) is 4.48. The normalized spacial score (nSPS) is 11.0. The molecule has 6 nitrogen and oxygen atoms in total. The van der Waals surface area contributed by atoms with E-state index >= 15 is 0 Å². The van der Waals surface area contributed by atoms with E-state index in [-0.39, 0.29) is 18.1 Å². The van der Waals surface area contributed by atoms with Crippen LogP contribution >= 0.6 is 0 Å². The van der Waals surface area contributed by atoms with Gasteiger partial charge in [-0.1, -0.05) is 13.8 Å². The number of carbonyl (C=O) groups excluding carboxylic acids is 2. The molecule has 0 atom stereocenters. The van der Waals surface area contributed by atoms with Gasteiger partial charge in [-0.15, -0.1) is 0 Å². The maximum absolute atomic E-state index is 12.2. The fourth-order valence-electron chi connectivity index (χ4n) is 2.95. The summed E-state index contributed by atoms with van der Waals surface area (Å²) in [6.07, 6.45) is 1.78. The number of rotatable bonds is 9. The zero-order chi connectivity index (χ0) is 20.0. The van der Waals surface area contributed by atoms with E-state index in [9.17, 15) is 14.4 Å². The standard InChI is InChI=1S/C21H28N2O4/c1-14(2)10-17(24)6-5-9-22-20(25)11-15-12-21(26)27-19-13-16(23(3)4)7-8-18(15)19/h7-8,12-14H,5-6,9-11H2,1-4H3,(H,22,25). The summed E-state index contributed by atoms with van der Waals surface area (Å²) in [4.78, 5) is 37.7. The molecule has 1 heterocycles. The molecule has 2 rings (SSSR count). The van der Waals surface area contributed by atoms with Crippen LogP contribution in [0.25, 0.3) is 11.0 Å². The molecule has 0 aliphatic rings. The van der Waals surface area contributed by atoms with Crippen LogP contribution in [0.5, 0.6) is 0 Å². The molecule has 0 saturated heterocycles. The Morgan fingerprint density at radius 1 is 1.19 bits per heavy atom. The Hall–Kier alpha value is -2.63. The third-order valence-electron chi connectivity index (χ3n) is 4.27. The van der Waals surface area contributed by atoms with Crippen molar-refractivity contribution in [1.82, 2.24) is 5.32 Å². The van der Waals surface area contributed by atoms with E-state index < -0.39 is 5.63 Å². The predicted molar refractivity (Wildman–Crippen MR) is 107 cm³/mol. The highest BCUT2D eigenvalue weighted by Gasteiger charge is 2.11. The molecular weight excluding hydrogens is 344 g/mol. The van der Waals surface area contributed by atoms with Crippen LogP contribution in [0.2, 0.25) is 0 Å². The molecule has 0 radical (unpaired) electrons. The van der Waals surface area contributed by atoms with Crippen molar-refractivity contribution in [2.75, 3.05) is 25.5 Å². The number of nitrogens with zero attached hydrogens (tertiary/aromatic N) is 1. The summed E-state index contributed by atoms with van der Waals surface area (Å²) in [5.74, 6) is 0.413. The second-order valence-corrected chi connectivity index (χ2v) is 7.43. The van der Waals surface area contributed by atoms with Gasteiger partial charge in [0.25, 0.3) is 0 Å². The Kier molecular flexibility index (Phi) is 7.16. The lowest BCUT2D eigenvalue weighted by molar-refractivity contribution is -0.122. The van der Waals surface area contributed by atoms with Gasteiger partial charge in [-0.2, -0.15) is 0 Å². The highest BCUT2D eigenvalue weighted by Crippen LogP contribution is 2.23. The molecular formula is C21H28N2O4. The van der Waals surface area contributed by atoms with Crippen molar-refractivity contribution in [2.45, 2.75) is 39.5 Å². The minimum absolute atomic E-state index is 0.101. The van der Waals surface area contributed by atoms with Crippen molar-refractivity contribution in [2.24, 2.45) is 5.92 Å². The number of carbonyl (C=O) groups is 2. The van der Waals surface area contributed by atoms with Gasteiger partial charge < -0.3 is 14.6 Å². The van der Waals surface area contributed by atoms with E-state index in [1.807, 2.05) is 45.0 Å². The fraction of sp³-hybridized carbons (Fsp3) is 0.476. The highest BCUT2D eigenvalue weighted by molar-refractivity contribution is 5.88. The Morgan fingerprint density at radius 2 is 1.93 bits per heavy atom. The van der Waals surface area contributed by atoms with Gasteiger partial charge in [-0.3, -0.25) is 9.59 Å². The Morgan fingerprint density at radius 3 is 2.59 bits per heavy atom. The molecule has 27 heavy (non-hydrogen) atoms. The summed E-state index contributed by atoms with van der Waals surface area (Å²) in [6, 6.07) is 6.94. The molecule has 0 spiro atoms. The van der Waals surface area contributed by atoms with Crippen molar-refractivity contribution in [3.05, 3.63) is 40.2 Å². The summed E-state index contributed by atoms with van der Waals surface area (Å²) >= 11 is 0. The van der Waals surface area contributed by atoms with Gasteiger partial charge in [0.05, 0.1) is 6.42 Å². The predicted octanol–water partition coefficient (Wildman–Crippen LogP) is 2.91. The number of hydrogen-bond acceptors (Lipinski definition) is 5. The topological polar surface area (TPSA) is 79.6 Å². The molecule has 0 fully saturated rings. The second kappa shape index (κ2) is 9.35. The van der Waals surface area contributed by atoms with Gasteiger partial charge in [-0.05, 0) is 30.0 Å². The molecule has 1 N–H and O–H groups in total. The molecule has 1 amide bonds. The first-order valence-electron chi connectivity index (χ1n) is 9.28. The molecule has 6 heteroatoms. The molecule has 1 aromatic heterocycles. The van der Waals surface area contributed by atoms with Crippen LogP contribution in [0.4, 0.5) is 5.69 Å². The summed E-state index contributed by atoms with van der Waals surface area (Å²) < 4.78 is 5.28. The maximum atomic E-state index is 12.2. The number of nitrogens with one attached hydrogen (secondary N) is 1. The van der Waals surface area contributed by atoms with Crippen LogP contribution in [0, 0.1) is 5.92 Å². The highest BCUT2D eigenvalue weighted by atomic mass is 16.4. The minimum atomic E-state index is -0.472. The van der Waals surface area contributed by atoms with Crippen molar-refractivity contribution in [1.29, 1.82) is 0 Å². The van der Waals surface area contributed by atoms with Crippen molar-refractivity contribution in [3.8, 4) is 0 Å². The lowest BCUT2D eigenvalue weighted by Crippen LogP contribution is -2.27. The Balaban J connectivity index is 1.98. The first-order valence-corrected chi connectivity index (χ1v) is 9.28. The first-order chi connectivity index (χ1) is 12.8. The number of ketones is 1. The van der Waals surface area contributed by atoms with Gasteiger partial charge in [-0.25, -0.2) is 4.79 Å². The Labute approximate surface area is 159 Å². The number of fused-ring (bicyclic) bond motifs is 1. The van der Waals surface area contributed by atoms with E-state index in [0.29, 0.717) is 42.9 Å². The lowest BCUT2D eigenvalue weighted by atomic mass is 10.0. The van der Waals surface area contributed by atoms with E-state index in [1.165, 1.54) is 6.07 Å². The van der Waals surface area contributed by atoms with Gasteiger partial charge >= 0.3 is 5.63 Å². The summed E-state index contributed by atoms with van der Waals surface area (Å²) in [5.41, 5.74) is 1.55. The van der Waals surface area contributed by atoms with Crippen molar-refractivity contribution >= 4 is 28.3 Å². The molecule has 0 bridgehead atoms. The smallest absolute Gasteiger partial charge is 0.336 e. The van der Waals surface area contributed by atoms with Crippen LogP contribution in [-0.4, -0.2) is 32.3 Å². The second-order valence-electron chi connectivity index (χ2n) is 7.43. The van der Waals surface area contributed by atoms with Gasteiger partial charge in [0.2, 0.25) is 5.91 Å². The van der Waals surface area contributed by atoms with E-state index in [1.54, 1.807) is 6.07 Å². The van der Waals surface area contributed by atoms with Crippen LogP contribution in [0.3, 0.4) is 0 Å². The molecule has 1 aromatic carbocycles. The van der Waals surface area contributed by atoms with Gasteiger partial charge in [0.1, 0.15) is 11.4 Å². The fourth-order valence-corrected chi connectivity index (χ4v) is 2.95. The number of anilines is 1. The van der Waals surface area contributed by atoms with Gasteiger partial charge in [0.15, 0.2) is 0 Å². The summed E-state index contributed by atoms with van der Waals surface area (Å²) in [7, 11) is 3.81. The van der Waals surface area contributed by atoms with Crippen molar-refractivity contribution in [3.63, 3.8) is 0 Å². The molecule has 0 aliphatic heterocycles. The lowest BCUT2D eigenvalue weighted by Gasteiger charge is -2.13. The number of Topliss-reactive ketones (excluding diaryl/α,β-unsaturated/α-hetero) is 1. The molecule has 0 aliphatic carbocycles. The quantitative estimate of drug-likeness (QED) is 0.541. The van der Waals surface area contributed by atoms with Crippen LogP contribution in [-0.2, 0) is 16.0 Å². The van der Waals surface area contributed by atoms with Crippen molar-refractivity contribution < 1.29 is 14.0 Å². The van der Waals surface area contributed by atoms with Crippen LogP contribution < -0.4 is 15.8 Å². The number of benzene rings is 1. The van der Waals surface area contributed by atoms with E-state index in [4.69, 9.17) is 4.42 Å². The zero-order valence-corrected chi connectivity index (χ0v) is 16.5. The van der Waals surface area contributed by atoms with Crippen LogP contribution in [0.15, 0.2) is 33.5 Å². The maximum Gasteiger partial charge on any atom is 0.336 e. The number of amides is 1. The molecule has 146 valence electrons. The first kappa shape index (κ1) is 20.7. The van der Waals surface area contributed by atoms with E-state index in [2.05, 4.69) is 5.32 Å². The average Bonchev–Trinajstić information content (AvgIpc) is 2.57. The molecule has 2 aromatic rings. The number of hydrogen-bond donors (Lipinski definition) is 1. The van der Waals surface area contributed by atoms with Gasteiger partial charge in [0, 0.05) is 56.7 Å². The average molecular weight is 372 g/mol. The molecule has 0 unspecified atom stereocenters. The van der Waals surface area contributed by atoms with Crippen LogP contribution in [0.1, 0.15) is 38.7 Å². The minimum Gasteiger partial charge on any atom is -0.423 e. The van der Waals surface area contributed by atoms with E-state index in [0.717, 1.165) is 11.1 Å². The summed E-state index contributed by atoms with van der Waals surface area (Å²) in [5, 5.41) is 3.57. The Bertz CT molecular complexity index is 868. The SMILES string of the molecule is CC(C)CC(=O)CCCNC(=O)Cc1cc(=O)oc2cc(N(C)C)ccc12. The third kappa shape index (κ3) is 6.24. The molecule has 0 saturated carbocycles. The third-order valence-corrected chi connectivity index (χ3v) is 4.27. The zero-order valence-electron chi connectivity index (χ0n) is 16.5. The monoisotopic (exact) mass is 372 g/mol. The largest absolute Gasteiger partial charge is 0.423 e.